The van der Waals surface area contributed by atoms with Gasteiger partial charge in [-0.3, -0.25) is 4.79 Å². The van der Waals surface area contributed by atoms with Crippen molar-refractivity contribution < 1.29 is 19.0 Å². The van der Waals surface area contributed by atoms with Gasteiger partial charge < -0.3 is 14.2 Å². The minimum atomic E-state index is -0.421. The van der Waals surface area contributed by atoms with Gasteiger partial charge in [0, 0.05) is 13.0 Å². The molecule has 2 aliphatic rings. The lowest BCUT2D eigenvalue weighted by molar-refractivity contribution is -0.158. The summed E-state index contributed by atoms with van der Waals surface area (Å²) >= 11 is 0. The first kappa shape index (κ1) is 11.9. The van der Waals surface area contributed by atoms with Crippen molar-refractivity contribution in [3.8, 4) is 0 Å². The molecule has 1 heterocycles. The van der Waals surface area contributed by atoms with Crippen molar-refractivity contribution in [3.63, 3.8) is 0 Å². The predicted molar refractivity (Wildman–Crippen MR) is 57.8 cm³/mol. The molecule has 1 aliphatic carbocycles. The molecule has 92 valence electrons. The molecule has 2 rings (SSSR count). The quantitative estimate of drug-likeness (QED) is 0.689. The Bertz CT molecular complexity index is 266. The number of rotatable bonds is 4. The molecule has 1 aliphatic heterocycles. The molecule has 4 nitrogen and oxygen atoms in total. The van der Waals surface area contributed by atoms with E-state index >= 15 is 0 Å². The number of ether oxygens (including phenoxy) is 3. The third-order valence-electron chi connectivity index (χ3n) is 3.59. The number of hydrogen-bond donors (Lipinski definition) is 0. The first-order valence-corrected chi connectivity index (χ1v) is 6.17. The van der Waals surface area contributed by atoms with Crippen LogP contribution in [0.5, 0.6) is 0 Å². The lowest BCUT2D eigenvalue weighted by atomic mass is 9.82. The van der Waals surface area contributed by atoms with E-state index in [0.29, 0.717) is 19.6 Å². The van der Waals surface area contributed by atoms with Crippen LogP contribution in [0.1, 0.15) is 39.5 Å². The highest BCUT2D eigenvalue weighted by Gasteiger charge is 2.57. The Morgan fingerprint density at radius 1 is 1.44 bits per heavy atom. The Balaban J connectivity index is 2.08. The Labute approximate surface area is 96.2 Å². The molecular formula is C12H20O4. The Kier molecular flexibility index (Phi) is 3.50. The molecule has 0 radical (unpaired) electrons. The maximum absolute atomic E-state index is 12.0. The van der Waals surface area contributed by atoms with E-state index in [4.69, 9.17) is 14.2 Å². The smallest absolute Gasteiger partial charge is 0.314 e. The summed E-state index contributed by atoms with van der Waals surface area (Å²) in [6.07, 6.45) is 3.30. The Morgan fingerprint density at radius 2 is 2.25 bits per heavy atom. The second kappa shape index (κ2) is 4.72. The third kappa shape index (κ3) is 1.84. The van der Waals surface area contributed by atoms with Crippen LogP contribution in [-0.2, 0) is 19.0 Å². The topological polar surface area (TPSA) is 44.8 Å². The van der Waals surface area contributed by atoms with Crippen molar-refractivity contribution in [1.82, 2.24) is 0 Å². The van der Waals surface area contributed by atoms with E-state index in [1.54, 1.807) is 0 Å². The lowest BCUT2D eigenvalue weighted by Crippen LogP contribution is -2.36. The van der Waals surface area contributed by atoms with Gasteiger partial charge in [-0.15, -0.1) is 0 Å². The molecule has 0 amide bonds. The molecule has 0 bridgehead atoms. The number of carbonyl (C=O) groups is 1. The molecule has 1 saturated heterocycles. The van der Waals surface area contributed by atoms with Crippen LogP contribution in [0.3, 0.4) is 0 Å². The van der Waals surface area contributed by atoms with E-state index in [1.807, 2.05) is 13.8 Å². The second-order valence-corrected chi connectivity index (χ2v) is 4.48. The average Bonchev–Trinajstić information content (AvgIpc) is 2.75. The van der Waals surface area contributed by atoms with Gasteiger partial charge in [-0.2, -0.15) is 0 Å². The average molecular weight is 228 g/mol. The van der Waals surface area contributed by atoms with E-state index in [9.17, 15) is 4.79 Å². The monoisotopic (exact) mass is 228 g/mol. The first-order valence-electron chi connectivity index (χ1n) is 6.17. The summed E-state index contributed by atoms with van der Waals surface area (Å²) in [6.45, 7) is 4.84. The van der Waals surface area contributed by atoms with E-state index < -0.39 is 5.41 Å². The van der Waals surface area contributed by atoms with Crippen molar-refractivity contribution in [3.05, 3.63) is 0 Å². The van der Waals surface area contributed by atoms with Crippen molar-refractivity contribution in [2.24, 2.45) is 5.41 Å². The molecule has 4 heteroatoms. The van der Waals surface area contributed by atoms with Crippen molar-refractivity contribution in [1.29, 1.82) is 0 Å². The molecule has 1 saturated carbocycles. The largest absolute Gasteiger partial charge is 0.465 e. The highest BCUT2D eigenvalue weighted by molar-refractivity contribution is 5.78. The molecule has 3 atom stereocenters. The zero-order chi connectivity index (χ0) is 11.6. The third-order valence-corrected chi connectivity index (χ3v) is 3.59. The fourth-order valence-corrected chi connectivity index (χ4v) is 2.88. The van der Waals surface area contributed by atoms with E-state index in [-0.39, 0.29) is 18.4 Å². The number of fused-ring (bicyclic) bond motifs is 1. The van der Waals surface area contributed by atoms with E-state index in [0.717, 1.165) is 19.3 Å². The standard InChI is InChI=1S/C12H20O4/c1-3-14-10-8-12(11(13)15-4-2)7-5-6-9(12)16-10/h9-10H,3-8H2,1-2H3/t9-,10?,12+/m0/s1. The Morgan fingerprint density at radius 3 is 2.94 bits per heavy atom. The van der Waals surface area contributed by atoms with Gasteiger partial charge in [0.1, 0.15) is 0 Å². The Hall–Kier alpha value is -0.610. The summed E-state index contributed by atoms with van der Waals surface area (Å²) in [6, 6.07) is 0. The lowest BCUT2D eigenvalue weighted by Gasteiger charge is -2.24. The highest BCUT2D eigenvalue weighted by atomic mass is 16.7. The SMILES string of the molecule is CCOC(=O)[C@@]12CCC[C@@H]1OC(OCC)C2. The normalized spacial score (nSPS) is 37.4. The maximum atomic E-state index is 12.0. The molecule has 1 unspecified atom stereocenters. The molecular weight excluding hydrogens is 208 g/mol. The molecule has 2 fully saturated rings. The molecule has 0 N–H and O–H groups in total. The van der Waals surface area contributed by atoms with Crippen LogP contribution >= 0.6 is 0 Å². The summed E-state index contributed by atoms with van der Waals surface area (Å²) in [4.78, 5) is 12.0. The zero-order valence-electron chi connectivity index (χ0n) is 10.0. The van der Waals surface area contributed by atoms with Crippen molar-refractivity contribution >= 4 is 5.97 Å². The van der Waals surface area contributed by atoms with Gasteiger partial charge in [0.2, 0.25) is 0 Å². The van der Waals surface area contributed by atoms with Gasteiger partial charge in [-0.25, -0.2) is 0 Å². The van der Waals surface area contributed by atoms with Gasteiger partial charge in [0.15, 0.2) is 6.29 Å². The molecule has 0 spiro atoms. The van der Waals surface area contributed by atoms with Crippen LogP contribution in [-0.4, -0.2) is 31.6 Å². The van der Waals surface area contributed by atoms with Gasteiger partial charge in [-0.05, 0) is 33.1 Å². The fraction of sp³-hybridized carbons (Fsp3) is 0.917. The molecule has 16 heavy (non-hydrogen) atoms. The van der Waals surface area contributed by atoms with Crippen LogP contribution < -0.4 is 0 Å². The number of esters is 1. The van der Waals surface area contributed by atoms with E-state index in [2.05, 4.69) is 0 Å². The summed E-state index contributed by atoms with van der Waals surface area (Å²) in [7, 11) is 0. The summed E-state index contributed by atoms with van der Waals surface area (Å²) in [5.41, 5.74) is -0.421. The first-order chi connectivity index (χ1) is 7.73. The molecule has 0 aromatic heterocycles. The van der Waals surface area contributed by atoms with Crippen LogP contribution in [0.25, 0.3) is 0 Å². The summed E-state index contributed by atoms with van der Waals surface area (Å²) in [5.74, 6) is -0.0975. The van der Waals surface area contributed by atoms with Gasteiger partial charge in [0.05, 0.1) is 18.1 Å². The van der Waals surface area contributed by atoms with Gasteiger partial charge >= 0.3 is 5.97 Å². The van der Waals surface area contributed by atoms with Crippen LogP contribution in [0.2, 0.25) is 0 Å². The summed E-state index contributed by atoms with van der Waals surface area (Å²) in [5, 5.41) is 0. The van der Waals surface area contributed by atoms with Crippen LogP contribution in [0, 0.1) is 5.41 Å². The van der Waals surface area contributed by atoms with Crippen molar-refractivity contribution in [2.45, 2.75) is 51.9 Å². The van der Waals surface area contributed by atoms with Crippen LogP contribution in [0.4, 0.5) is 0 Å². The minimum absolute atomic E-state index is 0.00287. The highest BCUT2D eigenvalue weighted by Crippen LogP contribution is 2.50. The van der Waals surface area contributed by atoms with Crippen LogP contribution in [0.15, 0.2) is 0 Å². The van der Waals surface area contributed by atoms with Gasteiger partial charge in [0.25, 0.3) is 0 Å². The van der Waals surface area contributed by atoms with Gasteiger partial charge in [-0.1, -0.05) is 0 Å². The minimum Gasteiger partial charge on any atom is -0.465 e. The van der Waals surface area contributed by atoms with Crippen molar-refractivity contribution in [2.75, 3.05) is 13.2 Å². The number of hydrogen-bond acceptors (Lipinski definition) is 4. The zero-order valence-corrected chi connectivity index (χ0v) is 10.0. The number of carbonyl (C=O) groups excluding carboxylic acids is 1. The maximum Gasteiger partial charge on any atom is 0.314 e. The second-order valence-electron chi connectivity index (χ2n) is 4.48. The predicted octanol–water partition coefficient (Wildman–Crippen LogP) is 1.87. The fourth-order valence-electron chi connectivity index (χ4n) is 2.88. The molecule has 0 aromatic carbocycles. The van der Waals surface area contributed by atoms with E-state index in [1.165, 1.54) is 0 Å². The molecule has 0 aromatic rings. The summed E-state index contributed by atoms with van der Waals surface area (Å²) < 4.78 is 16.4.